The van der Waals surface area contributed by atoms with Gasteiger partial charge < -0.3 is 15.3 Å². The van der Waals surface area contributed by atoms with E-state index in [0.29, 0.717) is 0 Å². The van der Waals surface area contributed by atoms with Crippen LogP contribution in [0.3, 0.4) is 0 Å². The van der Waals surface area contributed by atoms with E-state index in [-0.39, 0.29) is 12.4 Å². The number of hydrogen-bond donors (Lipinski definition) is 2. The topological polar surface area (TPSA) is 35.5 Å². The smallest absolute Gasteiger partial charge is 0.0798 e. The highest BCUT2D eigenvalue weighted by atomic mass is 35.5. The summed E-state index contributed by atoms with van der Waals surface area (Å²) < 4.78 is 0. The third-order valence-electron chi connectivity index (χ3n) is 2.14. The minimum absolute atomic E-state index is 0. The Morgan fingerprint density at radius 2 is 1.83 bits per heavy atom. The van der Waals surface area contributed by atoms with Gasteiger partial charge in [-0.2, -0.15) is 0 Å². The number of piperidine rings is 1. The Morgan fingerprint density at radius 3 is 2.25 bits per heavy atom. The van der Waals surface area contributed by atoms with Crippen LogP contribution in [0.2, 0.25) is 0 Å². The molecule has 1 saturated heterocycles. The van der Waals surface area contributed by atoms with Gasteiger partial charge in [0.1, 0.15) is 0 Å². The van der Waals surface area contributed by atoms with Crippen LogP contribution in [0.25, 0.3) is 0 Å². The SMILES string of the molecule is CN(C)CC1(O)CCNCC1.Cl. The predicted molar refractivity (Wildman–Crippen MR) is 52.9 cm³/mol. The highest BCUT2D eigenvalue weighted by molar-refractivity contribution is 5.85. The Balaban J connectivity index is 0.00000121. The Labute approximate surface area is 80.5 Å². The minimum Gasteiger partial charge on any atom is -0.388 e. The van der Waals surface area contributed by atoms with Crippen molar-refractivity contribution < 1.29 is 5.11 Å². The second kappa shape index (κ2) is 5.02. The lowest BCUT2D eigenvalue weighted by Gasteiger charge is -2.34. The largest absolute Gasteiger partial charge is 0.388 e. The molecule has 0 aromatic carbocycles. The zero-order valence-corrected chi connectivity index (χ0v) is 8.65. The van der Waals surface area contributed by atoms with Gasteiger partial charge in [0.2, 0.25) is 0 Å². The van der Waals surface area contributed by atoms with Crippen LogP contribution in [0.1, 0.15) is 12.8 Å². The molecule has 1 aliphatic heterocycles. The molecule has 0 unspecified atom stereocenters. The molecule has 1 fully saturated rings. The molecule has 1 heterocycles. The van der Waals surface area contributed by atoms with Crippen molar-refractivity contribution in [3.05, 3.63) is 0 Å². The summed E-state index contributed by atoms with van der Waals surface area (Å²) in [4.78, 5) is 2.05. The van der Waals surface area contributed by atoms with Crippen molar-refractivity contribution in [3.8, 4) is 0 Å². The van der Waals surface area contributed by atoms with E-state index in [2.05, 4.69) is 5.32 Å². The zero-order chi connectivity index (χ0) is 8.32. The summed E-state index contributed by atoms with van der Waals surface area (Å²) in [5.74, 6) is 0. The molecule has 0 radical (unpaired) electrons. The second-order valence-electron chi connectivity index (χ2n) is 3.71. The molecular weight excluding hydrogens is 176 g/mol. The molecule has 0 aromatic heterocycles. The summed E-state index contributed by atoms with van der Waals surface area (Å²) in [5, 5.41) is 13.2. The van der Waals surface area contributed by atoms with Gasteiger partial charge in [0.05, 0.1) is 5.60 Å². The average Bonchev–Trinajstić information content (AvgIpc) is 1.85. The van der Waals surface area contributed by atoms with Crippen LogP contribution in [-0.2, 0) is 0 Å². The molecule has 0 aliphatic carbocycles. The van der Waals surface area contributed by atoms with Gasteiger partial charge in [-0.15, -0.1) is 12.4 Å². The molecule has 0 saturated carbocycles. The Kier molecular flexibility index (Phi) is 5.09. The molecule has 0 spiro atoms. The molecule has 0 bridgehead atoms. The van der Waals surface area contributed by atoms with Crippen molar-refractivity contribution in [1.82, 2.24) is 10.2 Å². The number of hydrogen-bond acceptors (Lipinski definition) is 3. The number of aliphatic hydroxyl groups is 1. The van der Waals surface area contributed by atoms with E-state index in [0.717, 1.165) is 32.5 Å². The Morgan fingerprint density at radius 1 is 1.33 bits per heavy atom. The maximum atomic E-state index is 9.96. The van der Waals surface area contributed by atoms with E-state index in [4.69, 9.17) is 0 Å². The van der Waals surface area contributed by atoms with E-state index in [1.165, 1.54) is 0 Å². The lowest BCUT2D eigenvalue weighted by atomic mass is 9.92. The molecule has 4 heteroatoms. The van der Waals surface area contributed by atoms with Crippen molar-refractivity contribution in [2.24, 2.45) is 0 Å². The standard InChI is InChI=1S/C8H18N2O.ClH/c1-10(2)7-8(11)3-5-9-6-4-8;/h9,11H,3-7H2,1-2H3;1H. The van der Waals surface area contributed by atoms with Crippen LogP contribution in [0.15, 0.2) is 0 Å². The molecule has 0 amide bonds. The number of likely N-dealkylation sites (N-methyl/N-ethyl adjacent to an activating group) is 1. The van der Waals surface area contributed by atoms with Crippen molar-refractivity contribution in [2.45, 2.75) is 18.4 Å². The quantitative estimate of drug-likeness (QED) is 0.654. The summed E-state index contributed by atoms with van der Waals surface area (Å²) in [6, 6.07) is 0. The molecule has 12 heavy (non-hydrogen) atoms. The number of nitrogens with zero attached hydrogens (tertiary/aromatic N) is 1. The predicted octanol–water partition coefficient (Wildman–Crippen LogP) is 0.0843. The van der Waals surface area contributed by atoms with Gasteiger partial charge >= 0.3 is 0 Å². The third-order valence-corrected chi connectivity index (χ3v) is 2.14. The van der Waals surface area contributed by atoms with Gasteiger partial charge in [0.25, 0.3) is 0 Å². The number of halogens is 1. The van der Waals surface area contributed by atoms with Crippen molar-refractivity contribution >= 4 is 12.4 Å². The fourth-order valence-electron chi connectivity index (χ4n) is 1.64. The summed E-state index contributed by atoms with van der Waals surface area (Å²) in [6.45, 7) is 2.68. The molecular formula is C8H19ClN2O. The Hall–Kier alpha value is 0.170. The van der Waals surface area contributed by atoms with Gasteiger partial charge in [-0.1, -0.05) is 0 Å². The first-order valence-corrected chi connectivity index (χ1v) is 4.20. The monoisotopic (exact) mass is 194 g/mol. The second-order valence-corrected chi connectivity index (χ2v) is 3.71. The van der Waals surface area contributed by atoms with Crippen LogP contribution in [0, 0.1) is 0 Å². The van der Waals surface area contributed by atoms with Crippen LogP contribution >= 0.6 is 12.4 Å². The number of nitrogens with one attached hydrogen (secondary N) is 1. The highest BCUT2D eigenvalue weighted by Gasteiger charge is 2.29. The zero-order valence-electron chi connectivity index (χ0n) is 7.84. The summed E-state index contributed by atoms with van der Waals surface area (Å²) in [6.07, 6.45) is 1.76. The molecule has 0 aromatic rings. The molecule has 74 valence electrons. The molecule has 3 nitrogen and oxygen atoms in total. The van der Waals surface area contributed by atoms with E-state index in [1.807, 2.05) is 19.0 Å². The molecule has 1 aliphatic rings. The maximum absolute atomic E-state index is 9.96. The summed E-state index contributed by atoms with van der Waals surface area (Å²) in [7, 11) is 4.00. The van der Waals surface area contributed by atoms with Crippen LogP contribution in [-0.4, -0.2) is 49.3 Å². The number of rotatable bonds is 2. The molecule has 0 atom stereocenters. The fraction of sp³-hybridized carbons (Fsp3) is 1.00. The van der Waals surface area contributed by atoms with E-state index in [9.17, 15) is 5.11 Å². The highest BCUT2D eigenvalue weighted by Crippen LogP contribution is 2.17. The van der Waals surface area contributed by atoms with E-state index < -0.39 is 5.60 Å². The average molecular weight is 195 g/mol. The lowest BCUT2D eigenvalue weighted by Crippen LogP contribution is -2.48. The first-order valence-electron chi connectivity index (χ1n) is 4.20. The van der Waals surface area contributed by atoms with Crippen LogP contribution in [0.4, 0.5) is 0 Å². The third kappa shape index (κ3) is 3.72. The van der Waals surface area contributed by atoms with Crippen molar-refractivity contribution in [1.29, 1.82) is 0 Å². The minimum atomic E-state index is -0.436. The molecule has 2 N–H and O–H groups in total. The summed E-state index contributed by atoms with van der Waals surface area (Å²) in [5.41, 5.74) is -0.436. The van der Waals surface area contributed by atoms with Crippen molar-refractivity contribution in [3.63, 3.8) is 0 Å². The van der Waals surface area contributed by atoms with E-state index in [1.54, 1.807) is 0 Å². The van der Waals surface area contributed by atoms with Gasteiger partial charge in [0.15, 0.2) is 0 Å². The normalized spacial score (nSPS) is 22.0. The Bertz CT molecular complexity index is 124. The maximum Gasteiger partial charge on any atom is 0.0798 e. The first kappa shape index (κ1) is 12.2. The van der Waals surface area contributed by atoms with Gasteiger partial charge in [0, 0.05) is 6.54 Å². The molecule has 1 rings (SSSR count). The van der Waals surface area contributed by atoms with Crippen molar-refractivity contribution in [2.75, 3.05) is 33.7 Å². The summed E-state index contributed by atoms with van der Waals surface area (Å²) >= 11 is 0. The van der Waals surface area contributed by atoms with E-state index >= 15 is 0 Å². The van der Waals surface area contributed by atoms with Crippen LogP contribution < -0.4 is 5.32 Å². The van der Waals surface area contributed by atoms with Gasteiger partial charge in [-0.25, -0.2) is 0 Å². The van der Waals surface area contributed by atoms with Gasteiger partial charge in [-0.3, -0.25) is 0 Å². The fourth-order valence-corrected chi connectivity index (χ4v) is 1.64. The van der Waals surface area contributed by atoms with Gasteiger partial charge in [-0.05, 0) is 40.0 Å². The van der Waals surface area contributed by atoms with Crippen LogP contribution in [0.5, 0.6) is 0 Å². The lowest BCUT2D eigenvalue weighted by molar-refractivity contribution is -0.0103. The first-order chi connectivity index (χ1) is 5.12.